The number of oxazole rings is 1. The van der Waals surface area contributed by atoms with E-state index >= 15 is 0 Å². The highest BCUT2D eigenvalue weighted by atomic mass is 19.4. The molecule has 0 radical (unpaired) electrons. The third-order valence-corrected chi connectivity index (χ3v) is 7.23. The number of anilines is 2. The van der Waals surface area contributed by atoms with Crippen molar-refractivity contribution in [1.29, 1.82) is 0 Å². The zero-order chi connectivity index (χ0) is 27.4. The standard InChI is InChI=1S/C27H30F3N5O4/c28-27(29,30)39-22-7-3-5-18(15-22)25-16-31-26(38-25)33-24-9-2-1-8-23(24)32-19-6-4-14-34(17-19)20-10-12-21(13-11-20)35(36)37/h3,5,7,10-13,15-16,19,23-24,32H,1-2,4,6,8-9,14,17H2,(H,31,33)/t19?,23-,24-/m1/s1. The molecule has 2 heterocycles. The number of hydrogen-bond acceptors (Lipinski definition) is 8. The van der Waals surface area contributed by atoms with Gasteiger partial charge >= 0.3 is 6.36 Å². The van der Waals surface area contributed by atoms with Crippen LogP contribution in [0.1, 0.15) is 38.5 Å². The van der Waals surface area contributed by atoms with Crippen molar-refractivity contribution >= 4 is 17.4 Å². The van der Waals surface area contributed by atoms with Crippen LogP contribution in [-0.4, -0.2) is 47.5 Å². The molecule has 12 heteroatoms. The minimum atomic E-state index is -4.77. The topological polar surface area (TPSA) is 106 Å². The van der Waals surface area contributed by atoms with Crippen LogP contribution in [0, 0.1) is 10.1 Å². The van der Waals surface area contributed by atoms with Gasteiger partial charge in [0.2, 0.25) is 0 Å². The van der Waals surface area contributed by atoms with Gasteiger partial charge in [-0.1, -0.05) is 25.0 Å². The first kappa shape index (κ1) is 26.8. The first-order valence-corrected chi connectivity index (χ1v) is 13.1. The Labute approximate surface area is 223 Å². The van der Waals surface area contributed by atoms with Gasteiger partial charge in [0, 0.05) is 54.6 Å². The lowest BCUT2D eigenvalue weighted by Gasteiger charge is -2.40. The van der Waals surface area contributed by atoms with E-state index in [0.717, 1.165) is 57.3 Å². The maximum absolute atomic E-state index is 12.6. The molecule has 1 saturated carbocycles. The van der Waals surface area contributed by atoms with Gasteiger partial charge in [0.25, 0.3) is 11.7 Å². The number of nitro benzene ring substituents is 1. The van der Waals surface area contributed by atoms with Crippen molar-refractivity contribution in [3.8, 4) is 17.1 Å². The zero-order valence-electron chi connectivity index (χ0n) is 21.2. The molecule has 39 heavy (non-hydrogen) atoms. The maximum atomic E-state index is 12.6. The molecule has 208 valence electrons. The number of alkyl halides is 3. The van der Waals surface area contributed by atoms with Gasteiger partial charge in [0.05, 0.1) is 11.1 Å². The van der Waals surface area contributed by atoms with Crippen LogP contribution >= 0.6 is 0 Å². The van der Waals surface area contributed by atoms with E-state index in [4.69, 9.17) is 4.42 Å². The molecule has 1 unspecified atom stereocenters. The van der Waals surface area contributed by atoms with Gasteiger partial charge < -0.3 is 24.7 Å². The molecule has 1 aromatic heterocycles. The lowest BCUT2D eigenvalue weighted by atomic mass is 9.89. The van der Waals surface area contributed by atoms with E-state index in [0.29, 0.717) is 17.3 Å². The summed E-state index contributed by atoms with van der Waals surface area (Å²) in [6.45, 7) is 1.71. The average Bonchev–Trinajstić information content (AvgIpc) is 3.38. The maximum Gasteiger partial charge on any atom is 0.573 e. The Morgan fingerprint density at radius 3 is 2.56 bits per heavy atom. The summed E-state index contributed by atoms with van der Waals surface area (Å²) >= 11 is 0. The third-order valence-electron chi connectivity index (χ3n) is 7.23. The van der Waals surface area contributed by atoms with Gasteiger partial charge in [0.1, 0.15) is 5.75 Å². The number of rotatable bonds is 8. The van der Waals surface area contributed by atoms with Crippen LogP contribution in [0.5, 0.6) is 5.75 Å². The van der Waals surface area contributed by atoms with E-state index in [1.807, 2.05) is 0 Å². The summed E-state index contributed by atoms with van der Waals surface area (Å²) < 4.78 is 47.7. The minimum absolute atomic E-state index is 0.0820. The number of hydrogen-bond donors (Lipinski definition) is 2. The molecule has 2 aromatic carbocycles. The number of non-ortho nitro benzene ring substituents is 1. The van der Waals surface area contributed by atoms with Crippen LogP contribution < -0.4 is 20.3 Å². The molecule has 1 aliphatic heterocycles. The number of nitrogens with zero attached hydrogens (tertiary/aromatic N) is 3. The van der Waals surface area contributed by atoms with Crippen LogP contribution in [0.25, 0.3) is 11.3 Å². The average molecular weight is 546 g/mol. The van der Waals surface area contributed by atoms with Crippen LogP contribution in [0.15, 0.2) is 59.1 Å². The molecule has 0 spiro atoms. The molecule has 2 aliphatic rings. The Morgan fingerprint density at radius 2 is 1.82 bits per heavy atom. The summed E-state index contributed by atoms with van der Waals surface area (Å²) in [6.07, 6.45) is 2.87. The van der Waals surface area contributed by atoms with Crippen molar-refractivity contribution in [3.05, 3.63) is 64.8 Å². The Kier molecular flexibility index (Phi) is 7.92. The van der Waals surface area contributed by atoms with Crippen LogP contribution in [-0.2, 0) is 0 Å². The smallest absolute Gasteiger partial charge is 0.424 e. The summed E-state index contributed by atoms with van der Waals surface area (Å²) in [5.74, 6) is 0.0224. The number of piperidine rings is 1. The van der Waals surface area contributed by atoms with Crippen LogP contribution in [0.3, 0.4) is 0 Å². The highest BCUT2D eigenvalue weighted by Gasteiger charge is 2.32. The number of halogens is 3. The lowest BCUT2D eigenvalue weighted by Crippen LogP contribution is -2.54. The highest BCUT2D eigenvalue weighted by Crippen LogP contribution is 2.31. The number of nitro groups is 1. The molecule has 0 amide bonds. The molecule has 1 aliphatic carbocycles. The van der Waals surface area contributed by atoms with Crippen LogP contribution in [0.2, 0.25) is 0 Å². The van der Waals surface area contributed by atoms with Crippen molar-refractivity contribution in [2.75, 3.05) is 23.3 Å². The van der Waals surface area contributed by atoms with Gasteiger partial charge in [-0.25, -0.2) is 4.98 Å². The van der Waals surface area contributed by atoms with Crippen molar-refractivity contribution in [2.45, 2.75) is 63.0 Å². The van der Waals surface area contributed by atoms with Gasteiger partial charge in [-0.3, -0.25) is 10.1 Å². The fourth-order valence-electron chi connectivity index (χ4n) is 5.42. The monoisotopic (exact) mass is 545 g/mol. The number of benzene rings is 2. The van der Waals surface area contributed by atoms with Gasteiger partial charge in [0.15, 0.2) is 5.76 Å². The van der Waals surface area contributed by atoms with E-state index < -0.39 is 11.3 Å². The molecular weight excluding hydrogens is 515 g/mol. The molecule has 3 atom stereocenters. The molecule has 2 fully saturated rings. The van der Waals surface area contributed by atoms with Crippen LogP contribution in [0.4, 0.5) is 30.6 Å². The highest BCUT2D eigenvalue weighted by molar-refractivity contribution is 5.60. The molecule has 2 N–H and O–H groups in total. The summed E-state index contributed by atoms with van der Waals surface area (Å²) in [4.78, 5) is 17.2. The molecule has 5 rings (SSSR count). The quantitative estimate of drug-likeness (QED) is 0.257. The van der Waals surface area contributed by atoms with Crippen molar-refractivity contribution in [1.82, 2.24) is 10.3 Å². The Hall–Kier alpha value is -3.80. The van der Waals surface area contributed by atoms with Gasteiger partial charge in [-0.05, 0) is 49.9 Å². The van der Waals surface area contributed by atoms with E-state index in [2.05, 4.69) is 25.3 Å². The largest absolute Gasteiger partial charge is 0.573 e. The second kappa shape index (κ2) is 11.5. The minimum Gasteiger partial charge on any atom is -0.424 e. The molecule has 0 bridgehead atoms. The third kappa shape index (κ3) is 6.99. The molecular formula is C27H30F3N5O4. The fraction of sp³-hybridized carbons (Fsp3) is 0.444. The molecule has 1 saturated heterocycles. The zero-order valence-corrected chi connectivity index (χ0v) is 21.2. The van der Waals surface area contributed by atoms with Gasteiger partial charge in [-0.15, -0.1) is 13.2 Å². The first-order chi connectivity index (χ1) is 18.7. The van der Waals surface area contributed by atoms with E-state index in [1.54, 1.807) is 18.2 Å². The number of aromatic nitrogens is 1. The first-order valence-electron chi connectivity index (χ1n) is 13.1. The Balaban J connectivity index is 1.21. The fourth-order valence-corrected chi connectivity index (χ4v) is 5.42. The Bertz CT molecular complexity index is 1270. The molecule has 3 aromatic rings. The van der Waals surface area contributed by atoms with E-state index in [9.17, 15) is 23.3 Å². The van der Waals surface area contributed by atoms with E-state index in [-0.39, 0.29) is 29.6 Å². The van der Waals surface area contributed by atoms with E-state index in [1.165, 1.54) is 36.5 Å². The predicted molar refractivity (Wildman–Crippen MR) is 140 cm³/mol. The summed E-state index contributed by atoms with van der Waals surface area (Å²) in [5.41, 5.74) is 1.49. The van der Waals surface area contributed by atoms with Gasteiger partial charge in [-0.2, -0.15) is 0 Å². The normalized spacial score (nSPS) is 21.9. The van der Waals surface area contributed by atoms with Crippen molar-refractivity contribution in [3.63, 3.8) is 0 Å². The second-order valence-electron chi connectivity index (χ2n) is 9.97. The van der Waals surface area contributed by atoms with Crippen molar-refractivity contribution < 1.29 is 27.2 Å². The Morgan fingerprint density at radius 1 is 1.05 bits per heavy atom. The predicted octanol–water partition coefficient (Wildman–Crippen LogP) is 6.13. The lowest BCUT2D eigenvalue weighted by molar-refractivity contribution is -0.384. The molecule has 9 nitrogen and oxygen atoms in total. The number of nitrogens with one attached hydrogen (secondary N) is 2. The summed E-state index contributed by atoms with van der Waals surface area (Å²) in [7, 11) is 0. The second-order valence-corrected chi connectivity index (χ2v) is 9.97. The summed E-state index contributed by atoms with van der Waals surface area (Å²) in [6, 6.07) is 13.2. The SMILES string of the molecule is O=[N+]([O-])c1ccc(N2CCCC(N[C@@H]3CCCC[C@H]3Nc3ncc(-c4cccc(OC(F)(F)F)c4)o3)C2)cc1. The summed E-state index contributed by atoms with van der Waals surface area (Å²) in [5, 5.41) is 18.2. The van der Waals surface area contributed by atoms with Crippen molar-refractivity contribution in [2.24, 2.45) is 0 Å². The number of ether oxygens (including phenoxy) is 1.